The van der Waals surface area contributed by atoms with Gasteiger partial charge >= 0.3 is 5.97 Å². The molecule has 0 heterocycles. The number of carboxylic acids is 1. The van der Waals surface area contributed by atoms with E-state index >= 15 is 0 Å². The standard InChI is InChI=1S/C12H15ClFNO2S/c1-12(2,10(15)11(16)17)18-6-7-3-4-8(13)9(14)5-7/h3-5,10H,6,15H2,1-2H3,(H,16,17)/t10-/m1/s1. The highest BCUT2D eigenvalue weighted by Crippen LogP contribution is 2.31. The minimum atomic E-state index is -1.05. The van der Waals surface area contributed by atoms with E-state index in [4.69, 9.17) is 22.4 Å². The fourth-order valence-electron chi connectivity index (χ4n) is 1.29. The Hall–Kier alpha value is -0.780. The molecule has 0 saturated carbocycles. The minimum Gasteiger partial charge on any atom is -0.480 e. The van der Waals surface area contributed by atoms with Crippen molar-refractivity contribution < 1.29 is 14.3 Å². The second kappa shape index (κ2) is 5.91. The maximum atomic E-state index is 13.2. The first-order valence-electron chi connectivity index (χ1n) is 5.30. The van der Waals surface area contributed by atoms with Crippen LogP contribution in [-0.4, -0.2) is 21.9 Å². The summed E-state index contributed by atoms with van der Waals surface area (Å²) in [5.74, 6) is -1.05. The molecule has 0 aliphatic carbocycles. The molecule has 0 spiro atoms. The van der Waals surface area contributed by atoms with Gasteiger partial charge in [0.2, 0.25) is 0 Å². The average molecular weight is 292 g/mol. The van der Waals surface area contributed by atoms with Gasteiger partial charge in [-0.1, -0.05) is 17.7 Å². The SMILES string of the molecule is CC(C)(SCc1ccc(Cl)c(F)c1)[C@H](N)C(=O)O. The Morgan fingerprint density at radius 2 is 2.22 bits per heavy atom. The van der Waals surface area contributed by atoms with Crippen molar-refractivity contribution in [1.29, 1.82) is 0 Å². The Morgan fingerprint density at radius 1 is 1.61 bits per heavy atom. The Bertz CT molecular complexity index is 454. The molecule has 6 heteroatoms. The summed E-state index contributed by atoms with van der Waals surface area (Å²) in [4.78, 5) is 10.8. The molecule has 0 aromatic heterocycles. The van der Waals surface area contributed by atoms with Crippen molar-refractivity contribution in [3.63, 3.8) is 0 Å². The molecule has 0 aliphatic rings. The molecule has 0 radical (unpaired) electrons. The maximum Gasteiger partial charge on any atom is 0.321 e. The summed E-state index contributed by atoms with van der Waals surface area (Å²) < 4.78 is 12.6. The van der Waals surface area contributed by atoms with Crippen LogP contribution in [-0.2, 0) is 10.5 Å². The van der Waals surface area contributed by atoms with Crippen LogP contribution in [0.5, 0.6) is 0 Å². The number of thioether (sulfide) groups is 1. The summed E-state index contributed by atoms with van der Waals surface area (Å²) in [6.07, 6.45) is 0. The zero-order valence-electron chi connectivity index (χ0n) is 10.1. The number of carboxylic acid groups (broad SMARTS) is 1. The summed E-state index contributed by atoms with van der Waals surface area (Å²) in [5, 5.41) is 8.95. The van der Waals surface area contributed by atoms with Crippen molar-refractivity contribution in [2.75, 3.05) is 0 Å². The monoisotopic (exact) mass is 291 g/mol. The Kier molecular flexibility index (Phi) is 5.01. The second-order valence-electron chi connectivity index (χ2n) is 4.46. The lowest BCUT2D eigenvalue weighted by Crippen LogP contribution is -2.46. The topological polar surface area (TPSA) is 63.3 Å². The van der Waals surface area contributed by atoms with E-state index < -0.39 is 22.6 Å². The number of aliphatic carboxylic acids is 1. The van der Waals surface area contributed by atoms with Gasteiger partial charge in [-0.2, -0.15) is 0 Å². The summed E-state index contributed by atoms with van der Waals surface area (Å²) in [6.45, 7) is 3.51. The van der Waals surface area contributed by atoms with E-state index in [0.717, 1.165) is 5.56 Å². The smallest absolute Gasteiger partial charge is 0.321 e. The molecule has 1 aromatic rings. The van der Waals surface area contributed by atoms with E-state index in [1.165, 1.54) is 23.9 Å². The van der Waals surface area contributed by atoms with Crippen LogP contribution < -0.4 is 5.73 Å². The molecule has 0 fully saturated rings. The van der Waals surface area contributed by atoms with Crippen molar-refractivity contribution >= 4 is 29.3 Å². The van der Waals surface area contributed by atoms with Gasteiger partial charge in [0.15, 0.2) is 0 Å². The number of hydrogen-bond acceptors (Lipinski definition) is 3. The molecule has 100 valence electrons. The number of nitrogens with two attached hydrogens (primary N) is 1. The first-order valence-corrected chi connectivity index (χ1v) is 6.66. The molecule has 1 rings (SSSR count). The van der Waals surface area contributed by atoms with Crippen LogP contribution in [0.25, 0.3) is 0 Å². The lowest BCUT2D eigenvalue weighted by Gasteiger charge is -2.28. The van der Waals surface area contributed by atoms with E-state index in [0.29, 0.717) is 5.75 Å². The number of carbonyl (C=O) groups is 1. The zero-order chi connectivity index (χ0) is 13.9. The van der Waals surface area contributed by atoms with Crippen molar-refractivity contribution in [1.82, 2.24) is 0 Å². The van der Waals surface area contributed by atoms with E-state index in [1.54, 1.807) is 19.9 Å². The fourth-order valence-corrected chi connectivity index (χ4v) is 2.40. The quantitative estimate of drug-likeness (QED) is 0.875. The summed E-state index contributed by atoms with van der Waals surface area (Å²) in [5.41, 5.74) is 6.34. The zero-order valence-corrected chi connectivity index (χ0v) is 11.7. The summed E-state index contributed by atoms with van der Waals surface area (Å²) in [6, 6.07) is 3.56. The van der Waals surface area contributed by atoms with Crippen LogP contribution in [0.2, 0.25) is 5.02 Å². The molecule has 1 atom stereocenters. The van der Waals surface area contributed by atoms with Crippen molar-refractivity contribution in [3.8, 4) is 0 Å². The van der Waals surface area contributed by atoms with E-state index in [-0.39, 0.29) is 5.02 Å². The highest BCUT2D eigenvalue weighted by atomic mass is 35.5. The molecule has 0 saturated heterocycles. The number of hydrogen-bond donors (Lipinski definition) is 2. The predicted octanol–water partition coefficient (Wildman–Crippen LogP) is 2.90. The second-order valence-corrected chi connectivity index (χ2v) is 6.49. The van der Waals surface area contributed by atoms with E-state index in [2.05, 4.69) is 0 Å². The molecule has 0 amide bonds. The third-order valence-electron chi connectivity index (χ3n) is 2.61. The van der Waals surface area contributed by atoms with Gasteiger partial charge in [0.25, 0.3) is 0 Å². The maximum absolute atomic E-state index is 13.2. The molecular formula is C12H15ClFNO2S. The van der Waals surface area contributed by atoms with E-state index in [9.17, 15) is 9.18 Å². The van der Waals surface area contributed by atoms with Crippen LogP contribution in [0.15, 0.2) is 18.2 Å². The van der Waals surface area contributed by atoms with Crippen LogP contribution in [0, 0.1) is 5.82 Å². The highest BCUT2D eigenvalue weighted by Gasteiger charge is 2.32. The average Bonchev–Trinajstić information content (AvgIpc) is 2.29. The van der Waals surface area contributed by atoms with Crippen molar-refractivity contribution in [3.05, 3.63) is 34.6 Å². The van der Waals surface area contributed by atoms with Crippen molar-refractivity contribution in [2.24, 2.45) is 5.73 Å². The van der Waals surface area contributed by atoms with Gasteiger partial charge in [0.1, 0.15) is 11.9 Å². The molecule has 0 aliphatic heterocycles. The summed E-state index contributed by atoms with van der Waals surface area (Å²) >= 11 is 6.95. The van der Waals surface area contributed by atoms with Crippen molar-refractivity contribution in [2.45, 2.75) is 30.4 Å². The van der Waals surface area contributed by atoms with E-state index in [1.807, 2.05) is 0 Å². The summed E-state index contributed by atoms with van der Waals surface area (Å²) in [7, 11) is 0. The van der Waals surface area contributed by atoms with Crippen LogP contribution in [0.4, 0.5) is 4.39 Å². The van der Waals surface area contributed by atoms with Crippen LogP contribution in [0.3, 0.4) is 0 Å². The Morgan fingerprint density at radius 3 is 2.72 bits per heavy atom. The first kappa shape index (κ1) is 15.3. The molecule has 0 unspecified atom stereocenters. The predicted molar refractivity (Wildman–Crippen MR) is 72.4 cm³/mol. The molecule has 18 heavy (non-hydrogen) atoms. The lowest BCUT2D eigenvalue weighted by atomic mass is 10.1. The normalized spacial score (nSPS) is 13.4. The van der Waals surface area contributed by atoms with Gasteiger partial charge in [-0.25, -0.2) is 4.39 Å². The van der Waals surface area contributed by atoms with Gasteiger partial charge in [-0.3, -0.25) is 4.79 Å². The minimum absolute atomic E-state index is 0.0743. The van der Waals surface area contributed by atoms with Crippen LogP contribution >= 0.6 is 23.4 Å². The molecule has 3 N–H and O–H groups in total. The van der Waals surface area contributed by atoms with Gasteiger partial charge < -0.3 is 10.8 Å². The molecule has 0 bridgehead atoms. The molecular weight excluding hydrogens is 277 g/mol. The largest absolute Gasteiger partial charge is 0.480 e. The Balaban J connectivity index is 2.69. The third-order valence-corrected chi connectivity index (χ3v) is 4.39. The molecule has 3 nitrogen and oxygen atoms in total. The van der Waals surface area contributed by atoms with Crippen LogP contribution in [0.1, 0.15) is 19.4 Å². The first-order chi connectivity index (χ1) is 8.24. The fraction of sp³-hybridized carbons (Fsp3) is 0.417. The number of rotatable bonds is 5. The van der Waals surface area contributed by atoms with Gasteiger partial charge in [0.05, 0.1) is 5.02 Å². The number of benzene rings is 1. The van der Waals surface area contributed by atoms with Gasteiger partial charge in [-0.05, 0) is 31.5 Å². The van der Waals surface area contributed by atoms with Gasteiger partial charge in [0, 0.05) is 10.5 Å². The highest BCUT2D eigenvalue weighted by molar-refractivity contribution is 7.99. The lowest BCUT2D eigenvalue weighted by molar-refractivity contribution is -0.139. The molecule has 1 aromatic carbocycles. The third kappa shape index (κ3) is 3.86. The number of halogens is 2. The van der Waals surface area contributed by atoms with Gasteiger partial charge in [-0.15, -0.1) is 11.8 Å². The Labute approximate surface area is 115 Å².